The molecule has 7 heteroatoms. The summed E-state index contributed by atoms with van der Waals surface area (Å²) in [6.45, 7) is 8.12. The Morgan fingerprint density at radius 1 is 1.06 bits per heavy atom. The molecule has 31 heavy (non-hydrogen) atoms. The fourth-order valence-electron chi connectivity index (χ4n) is 2.92. The van der Waals surface area contributed by atoms with E-state index in [1.165, 1.54) is 0 Å². The lowest BCUT2D eigenvalue weighted by molar-refractivity contribution is 0.0518. The highest BCUT2D eigenvalue weighted by atomic mass is 35.5. The fraction of sp³-hybridized carbons (Fsp3) is 0.292. The lowest BCUT2D eigenvalue weighted by atomic mass is 10.1. The van der Waals surface area contributed by atoms with Gasteiger partial charge in [-0.3, -0.25) is 4.79 Å². The van der Waals surface area contributed by atoms with E-state index in [9.17, 15) is 9.59 Å². The number of benzene rings is 2. The summed E-state index contributed by atoms with van der Waals surface area (Å²) >= 11 is 6.02. The summed E-state index contributed by atoms with van der Waals surface area (Å²) in [5.41, 5.74) is 3.04. The third kappa shape index (κ3) is 5.33. The maximum atomic E-state index is 12.5. The minimum atomic E-state index is -0.491. The van der Waals surface area contributed by atoms with Gasteiger partial charge in [-0.05, 0) is 62.2 Å². The number of esters is 1. The van der Waals surface area contributed by atoms with Gasteiger partial charge in [-0.1, -0.05) is 37.6 Å². The van der Waals surface area contributed by atoms with E-state index < -0.39 is 5.97 Å². The molecular formula is C24H26ClN3O3. The van der Waals surface area contributed by atoms with Gasteiger partial charge in [-0.25, -0.2) is 9.48 Å². The van der Waals surface area contributed by atoms with Crippen LogP contribution in [-0.2, 0) is 4.74 Å². The van der Waals surface area contributed by atoms with E-state index in [2.05, 4.69) is 24.3 Å². The van der Waals surface area contributed by atoms with E-state index in [0.29, 0.717) is 27.9 Å². The van der Waals surface area contributed by atoms with Crippen molar-refractivity contribution in [1.29, 1.82) is 0 Å². The van der Waals surface area contributed by atoms with Crippen LogP contribution in [0.2, 0.25) is 5.02 Å². The molecule has 1 amide bonds. The molecular weight excluding hydrogens is 414 g/mol. The molecule has 3 rings (SSSR count). The van der Waals surface area contributed by atoms with Gasteiger partial charge in [0.05, 0.1) is 18.0 Å². The summed E-state index contributed by atoms with van der Waals surface area (Å²) in [6.07, 6.45) is 0. The maximum Gasteiger partial charge on any atom is 0.358 e. The molecule has 1 atom stereocenters. The number of aromatic nitrogens is 2. The molecule has 6 nitrogen and oxygen atoms in total. The molecule has 0 aliphatic heterocycles. The third-order valence-corrected chi connectivity index (χ3v) is 5.32. The second kappa shape index (κ2) is 9.79. The Morgan fingerprint density at radius 2 is 1.71 bits per heavy atom. The number of halogens is 1. The van der Waals surface area contributed by atoms with E-state index in [1.54, 1.807) is 54.1 Å². The number of hydrogen-bond donors (Lipinski definition) is 1. The first-order chi connectivity index (χ1) is 14.8. The van der Waals surface area contributed by atoms with Crippen molar-refractivity contribution in [3.8, 4) is 16.9 Å². The number of carbonyl (C=O) groups excluding carboxylic acids is 2. The zero-order chi connectivity index (χ0) is 22.5. The van der Waals surface area contributed by atoms with Crippen molar-refractivity contribution in [2.45, 2.75) is 33.7 Å². The Balaban J connectivity index is 1.96. The van der Waals surface area contributed by atoms with Crippen LogP contribution in [0.5, 0.6) is 0 Å². The molecule has 0 unspecified atom stereocenters. The highest BCUT2D eigenvalue weighted by Crippen LogP contribution is 2.26. The molecule has 0 saturated carbocycles. The minimum absolute atomic E-state index is 0.0712. The van der Waals surface area contributed by atoms with Crippen LogP contribution in [0.1, 0.15) is 48.5 Å². The first-order valence-electron chi connectivity index (χ1n) is 10.2. The lowest BCUT2D eigenvalue weighted by Crippen LogP contribution is -2.36. The maximum absolute atomic E-state index is 12.5. The number of hydrogen-bond acceptors (Lipinski definition) is 4. The van der Waals surface area contributed by atoms with Crippen LogP contribution in [0, 0.1) is 5.92 Å². The standard InChI is InChI=1S/C24H26ClN3O3/c1-5-31-24(30)21-14-22(17-6-10-19(25)11-7-17)28(27-21)20-12-8-18(9-13-20)23(29)26-16(4)15(2)3/h6-16H,5H2,1-4H3,(H,26,29)/t16-/m1/s1. The van der Waals surface area contributed by atoms with Crippen molar-refractivity contribution in [3.05, 3.63) is 70.9 Å². The summed E-state index contributed by atoms with van der Waals surface area (Å²) in [6, 6.07) is 16.1. The zero-order valence-electron chi connectivity index (χ0n) is 18.1. The first kappa shape index (κ1) is 22.6. The zero-order valence-corrected chi connectivity index (χ0v) is 18.8. The van der Waals surface area contributed by atoms with Crippen LogP contribution < -0.4 is 5.32 Å². The number of nitrogens with one attached hydrogen (secondary N) is 1. The molecule has 1 heterocycles. The molecule has 1 N–H and O–H groups in total. The van der Waals surface area contributed by atoms with Crippen molar-refractivity contribution in [2.75, 3.05) is 6.61 Å². The smallest absolute Gasteiger partial charge is 0.358 e. The molecule has 0 aliphatic carbocycles. The number of carbonyl (C=O) groups is 2. The van der Waals surface area contributed by atoms with Crippen LogP contribution in [-0.4, -0.2) is 34.3 Å². The van der Waals surface area contributed by atoms with Crippen molar-refractivity contribution in [2.24, 2.45) is 5.92 Å². The van der Waals surface area contributed by atoms with Crippen molar-refractivity contribution < 1.29 is 14.3 Å². The Hall–Kier alpha value is -3.12. The summed E-state index contributed by atoms with van der Waals surface area (Å²) in [4.78, 5) is 24.7. The molecule has 0 fully saturated rings. The van der Waals surface area contributed by atoms with Gasteiger partial charge in [-0.15, -0.1) is 0 Å². The SMILES string of the molecule is CCOC(=O)c1cc(-c2ccc(Cl)cc2)n(-c2ccc(C(=O)N[C@H](C)C(C)C)cc2)n1. The molecule has 0 aliphatic rings. The van der Waals surface area contributed by atoms with E-state index in [1.807, 2.05) is 19.1 Å². The van der Waals surface area contributed by atoms with Gasteiger partial charge in [0.25, 0.3) is 5.91 Å². The molecule has 0 saturated heterocycles. The molecule has 0 bridgehead atoms. The first-order valence-corrected chi connectivity index (χ1v) is 10.6. The normalized spacial score (nSPS) is 11.9. The number of ether oxygens (including phenoxy) is 1. The van der Waals surface area contributed by atoms with E-state index in [-0.39, 0.29) is 24.2 Å². The van der Waals surface area contributed by atoms with Gasteiger partial charge in [0.15, 0.2) is 5.69 Å². The van der Waals surface area contributed by atoms with Gasteiger partial charge in [0.2, 0.25) is 0 Å². The van der Waals surface area contributed by atoms with Crippen molar-refractivity contribution >= 4 is 23.5 Å². The average Bonchev–Trinajstić information content (AvgIpc) is 3.20. The number of amides is 1. The Bertz CT molecular complexity index is 1060. The summed E-state index contributed by atoms with van der Waals surface area (Å²) in [5.74, 6) is -0.274. The highest BCUT2D eigenvalue weighted by molar-refractivity contribution is 6.30. The van der Waals surface area contributed by atoms with E-state index in [4.69, 9.17) is 16.3 Å². The van der Waals surface area contributed by atoms with Gasteiger partial charge in [-0.2, -0.15) is 5.10 Å². The number of rotatable bonds is 7. The van der Waals surface area contributed by atoms with Crippen LogP contribution >= 0.6 is 11.6 Å². The predicted octanol–water partition coefficient (Wildman–Crippen LogP) is 5.14. The van der Waals surface area contributed by atoms with Crippen LogP contribution in [0.3, 0.4) is 0 Å². The van der Waals surface area contributed by atoms with Gasteiger partial charge in [0.1, 0.15) is 0 Å². The van der Waals surface area contributed by atoms with E-state index >= 15 is 0 Å². The Kier molecular flexibility index (Phi) is 7.13. The largest absolute Gasteiger partial charge is 0.461 e. The summed E-state index contributed by atoms with van der Waals surface area (Å²) in [5, 5.41) is 8.06. The van der Waals surface area contributed by atoms with Crippen molar-refractivity contribution in [3.63, 3.8) is 0 Å². The molecule has 1 aromatic heterocycles. The minimum Gasteiger partial charge on any atom is -0.461 e. The topological polar surface area (TPSA) is 73.2 Å². The number of nitrogens with zero attached hydrogens (tertiary/aromatic N) is 2. The van der Waals surface area contributed by atoms with Gasteiger partial charge in [0, 0.05) is 22.2 Å². The van der Waals surface area contributed by atoms with Crippen molar-refractivity contribution in [1.82, 2.24) is 15.1 Å². The average molecular weight is 440 g/mol. The Labute approximate surface area is 187 Å². The molecule has 3 aromatic rings. The predicted molar refractivity (Wildman–Crippen MR) is 122 cm³/mol. The monoisotopic (exact) mass is 439 g/mol. The second-order valence-electron chi connectivity index (χ2n) is 7.61. The van der Waals surface area contributed by atoms with Crippen LogP contribution in [0.25, 0.3) is 16.9 Å². The molecule has 162 valence electrons. The second-order valence-corrected chi connectivity index (χ2v) is 8.04. The lowest BCUT2D eigenvalue weighted by Gasteiger charge is -2.17. The summed E-state index contributed by atoms with van der Waals surface area (Å²) < 4.78 is 6.77. The van der Waals surface area contributed by atoms with Crippen LogP contribution in [0.4, 0.5) is 0 Å². The van der Waals surface area contributed by atoms with Gasteiger partial charge >= 0.3 is 5.97 Å². The Morgan fingerprint density at radius 3 is 2.29 bits per heavy atom. The molecule has 2 aromatic carbocycles. The summed E-state index contributed by atoms with van der Waals surface area (Å²) in [7, 11) is 0. The third-order valence-electron chi connectivity index (χ3n) is 5.07. The highest BCUT2D eigenvalue weighted by Gasteiger charge is 2.18. The molecule has 0 radical (unpaired) electrons. The quantitative estimate of drug-likeness (QED) is 0.517. The fourth-order valence-corrected chi connectivity index (χ4v) is 3.05. The van der Waals surface area contributed by atoms with Crippen LogP contribution in [0.15, 0.2) is 54.6 Å². The van der Waals surface area contributed by atoms with Gasteiger partial charge < -0.3 is 10.1 Å². The molecule has 0 spiro atoms. The van der Waals surface area contributed by atoms with E-state index in [0.717, 1.165) is 5.56 Å².